The molecule has 1 heterocycles. The van der Waals surface area contributed by atoms with Crippen LogP contribution in [0.25, 0.3) is 11.3 Å². The highest BCUT2D eigenvalue weighted by molar-refractivity contribution is 5.74. The van der Waals surface area contributed by atoms with E-state index in [-0.39, 0.29) is 0 Å². The molecule has 3 N–H and O–H groups in total. The van der Waals surface area contributed by atoms with E-state index in [4.69, 9.17) is 10.5 Å². The number of nitrogens with zero attached hydrogens (tertiary/aromatic N) is 1. The van der Waals surface area contributed by atoms with E-state index in [1.165, 1.54) is 25.7 Å². The quantitative estimate of drug-likeness (QED) is 0.886. The van der Waals surface area contributed by atoms with Gasteiger partial charge in [0.2, 0.25) is 0 Å². The average Bonchev–Trinajstić information content (AvgIpc) is 3.03. The molecule has 0 saturated heterocycles. The van der Waals surface area contributed by atoms with Gasteiger partial charge in [0.05, 0.1) is 17.5 Å². The van der Waals surface area contributed by atoms with Gasteiger partial charge in [-0.1, -0.05) is 0 Å². The first kappa shape index (κ1) is 12.1. The molecule has 0 atom stereocenters. The third-order valence-corrected chi connectivity index (χ3v) is 3.73. The van der Waals surface area contributed by atoms with Crippen LogP contribution in [-0.2, 0) is 0 Å². The fourth-order valence-electron chi connectivity index (χ4n) is 2.55. The summed E-state index contributed by atoms with van der Waals surface area (Å²) in [6.45, 7) is 1.92. The van der Waals surface area contributed by atoms with Crippen molar-refractivity contribution in [2.45, 2.75) is 38.7 Å². The molecule has 4 heteroatoms. The Morgan fingerprint density at radius 2 is 1.89 bits per heavy atom. The molecule has 1 aromatic carbocycles. The maximum absolute atomic E-state index is 5.98. The minimum absolute atomic E-state index is 0.392. The molecule has 0 unspecified atom stereocenters. The van der Waals surface area contributed by atoms with Gasteiger partial charge in [0.1, 0.15) is 11.4 Å². The zero-order valence-electron chi connectivity index (χ0n) is 11.1. The van der Waals surface area contributed by atoms with Crippen molar-refractivity contribution in [3.05, 3.63) is 30.0 Å². The average molecular weight is 257 g/mol. The molecule has 1 aromatic heterocycles. The first-order valence-corrected chi connectivity index (χ1v) is 6.81. The first-order valence-electron chi connectivity index (χ1n) is 6.81. The van der Waals surface area contributed by atoms with Crippen molar-refractivity contribution in [3.63, 3.8) is 0 Å². The Hall–Kier alpha value is -1.97. The number of ether oxygens (including phenoxy) is 1. The predicted molar refractivity (Wildman–Crippen MR) is 76.1 cm³/mol. The lowest BCUT2D eigenvalue weighted by atomic mass is 10.1. The van der Waals surface area contributed by atoms with E-state index in [2.05, 4.69) is 10.2 Å². The van der Waals surface area contributed by atoms with E-state index in [1.807, 2.05) is 31.2 Å². The van der Waals surface area contributed by atoms with E-state index in [0.717, 1.165) is 22.7 Å². The second-order valence-electron chi connectivity index (χ2n) is 5.16. The van der Waals surface area contributed by atoms with Gasteiger partial charge >= 0.3 is 0 Å². The number of anilines is 1. The molecular formula is C15H19N3O. The molecule has 4 nitrogen and oxygen atoms in total. The zero-order chi connectivity index (χ0) is 13.2. The number of aryl methyl sites for hydroxylation is 1. The number of aromatic nitrogens is 2. The Kier molecular flexibility index (Phi) is 3.15. The Morgan fingerprint density at radius 3 is 2.47 bits per heavy atom. The summed E-state index contributed by atoms with van der Waals surface area (Å²) in [7, 11) is 0. The number of nitrogens with one attached hydrogen (secondary N) is 1. The lowest BCUT2D eigenvalue weighted by Crippen LogP contribution is -2.10. The molecule has 0 bridgehead atoms. The van der Waals surface area contributed by atoms with Crippen molar-refractivity contribution < 1.29 is 4.74 Å². The van der Waals surface area contributed by atoms with Gasteiger partial charge in [-0.3, -0.25) is 5.10 Å². The Balaban J connectivity index is 1.76. The van der Waals surface area contributed by atoms with E-state index in [9.17, 15) is 0 Å². The number of rotatable bonds is 3. The predicted octanol–water partition coefficient (Wildman–Crippen LogP) is 3.29. The summed E-state index contributed by atoms with van der Waals surface area (Å²) < 4.78 is 5.94. The maximum atomic E-state index is 5.98. The number of nitrogen functional groups attached to an aromatic ring is 1. The highest BCUT2D eigenvalue weighted by atomic mass is 16.5. The van der Waals surface area contributed by atoms with Gasteiger partial charge in [-0.15, -0.1) is 0 Å². The monoisotopic (exact) mass is 257 g/mol. The molecule has 0 spiro atoms. The van der Waals surface area contributed by atoms with E-state index in [1.54, 1.807) is 0 Å². The van der Waals surface area contributed by atoms with Crippen LogP contribution in [0.15, 0.2) is 24.3 Å². The zero-order valence-corrected chi connectivity index (χ0v) is 11.1. The summed E-state index contributed by atoms with van der Waals surface area (Å²) in [5.41, 5.74) is 9.42. The standard InChI is InChI=1S/C15H19N3O/c1-10-14(16)15(18-17-10)11-6-8-13(9-7-11)19-12-4-2-3-5-12/h6-9,12H,2-5,16H2,1H3,(H,17,18). The fraction of sp³-hybridized carbons (Fsp3) is 0.400. The Labute approximate surface area is 113 Å². The van der Waals surface area contributed by atoms with E-state index >= 15 is 0 Å². The van der Waals surface area contributed by atoms with Gasteiger partial charge in [-0.25, -0.2) is 0 Å². The molecule has 3 rings (SSSR count). The van der Waals surface area contributed by atoms with Crippen LogP contribution in [0.5, 0.6) is 5.75 Å². The lowest BCUT2D eigenvalue weighted by molar-refractivity contribution is 0.210. The van der Waals surface area contributed by atoms with Gasteiger partial charge in [-0.2, -0.15) is 5.10 Å². The van der Waals surface area contributed by atoms with Crippen LogP contribution in [0.2, 0.25) is 0 Å². The van der Waals surface area contributed by atoms with Crippen molar-refractivity contribution >= 4 is 5.69 Å². The molecule has 1 saturated carbocycles. The lowest BCUT2D eigenvalue weighted by Gasteiger charge is -2.13. The summed E-state index contributed by atoms with van der Waals surface area (Å²) in [6, 6.07) is 8.01. The van der Waals surface area contributed by atoms with Crippen LogP contribution in [0, 0.1) is 6.92 Å². The van der Waals surface area contributed by atoms with E-state index in [0.29, 0.717) is 11.8 Å². The maximum Gasteiger partial charge on any atom is 0.119 e. The number of hydrogen-bond donors (Lipinski definition) is 2. The van der Waals surface area contributed by atoms with Crippen LogP contribution >= 0.6 is 0 Å². The molecule has 0 aliphatic heterocycles. The van der Waals surface area contributed by atoms with Crippen molar-refractivity contribution in [2.75, 3.05) is 5.73 Å². The van der Waals surface area contributed by atoms with E-state index < -0.39 is 0 Å². The van der Waals surface area contributed by atoms with Gasteiger partial charge in [-0.05, 0) is 56.9 Å². The highest BCUT2D eigenvalue weighted by Gasteiger charge is 2.16. The number of hydrogen-bond acceptors (Lipinski definition) is 3. The first-order chi connectivity index (χ1) is 9.24. The molecule has 1 fully saturated rings. The summed E-state index contributed by atoms with van der Waals surface area (Å²) in [6.07, 6.45) is 5.31. The third-order valence-electron chi connectivity index (χ3n) is 3.73. The molecule has 2 aromatic rings. The second-order valence-corrected chi connectivity index (χ2v) is 5.16. The van der Waals surface area contributed by atoms with Gasteiger partial charge in [0.15, 0.2) is 0 Å². The van der Waals surface area contributed by atoms with Gasteiger partial charge in [0, 0.05) is 5.56 Å². The summed E-state index contributed by atoms with van der Waals surface area (Å²) in [5.74, 6) is 0.932. The SMILES string of the molecule is Cc1[nH]nc(-c2ccc(OC3CCCC3)cc2)c1N. The molecule has 0 radical (unpaired) electrons. The normalized spacial score (nSPS) is 15.8. The minimum atomic E-state index is 0.392. The summed E-state index contributed by atoms with van der Waals surface area (Å²) >= 11 is 0. The number of H-pyrrole nitrogens is 1. The van der Waals surface area contributed by atoms with Crippen molar-refractivity contribution in [2.24, 2.45) is 0 Å². The van der Waals surface area contributed by atoms with Gasteiger partial charge in [0.25, 0.3) is 0 Å². The molecule has 1 aliphatic rings. The molecule has 0 amide bonds. The van der Waals surface area contributed by atoms with Crippen molar-refractivity contribution in [1.29, 1.82) is 0 Å². The Bertz CT molecular complexity index is 553. The topological polar surface area (TPSA) is 63.9 Å². The van der Waals surface area contributed by atoms with Crippen LogP contribution in [-0.4, -0.2) is 16.3 Å². The molecule has 19 heavy (non-hydrogen) atoms. The highest BCUT2D eigenvalue weighted by Crippen LogP contribution is 2.29. The molecule has 100 valence electrons. The summed E-state index contributed by atoms with van der Waals surface area (Å²) in [4.78, 5) is 0. The number of benzene rings is 1. The largest absolute Gasteiger partial charge is 0.490 e. The second kappa shape index (κ2) is 4.96. The third kappa shape index (κ3) is 2.43. The van der Waals surface area contributed by atoms with Crippen LogP contribution in [0.4, 0.5) is 5.69 Å². The number of aromatic amines is 1. The van der Waals surface area contributed by atoms with Crippen LogP contribution < -0.4 is 10.5 Å². The van der Waals surface area contributed by atoms with Crippen LogP contribution in [0.3, 0.4) is 0 Å². The number of nitrogens with two attached hydrogens (primary N) is 1. The smallest absolute Gasteiger partial charge is 0.119 e. The Morgan fingerprint density at radius 1 is 1.21 bits per heavy atom. The van der Waals surface area contributed by atoms with Gasteiger partial charge < -0.3 is 10.5 Å². The minimum Gasteiger partial charge on any atom is -0.490 e. The van der Waals surface area contributed by atoms with Crippen LogP contribution in [0.1, 0.15) is 31.4 Å². The van der Waals surface area contributed by atoms with Crippen molar-refractivity contribution in [3.8, 4) is 17.0 Å². The molecular weight excluding hydrogens is 238 g/mol. The van der Waals surface area contributed by atoms with Crippen molar-refractivity contribution in [1.82, 2.24) is 10.2 Å². The molecule has 1 aliphatic carbocycles. The fourth-order valence-corrected chi connectivity index (χ4v) is 2.55. The summed E-state index contributed by atoms with van der Waals surface area (Å²) in [5, 5.41) is 7.13.